The van der Waals surface area contributed by atoms with Crippen LogP contribution in [0.25, 0.3) is 6.08 Å². The number of hydrogen-bond donors (Lipinski definition) is 2. The van der Waals surface area contributed by atoms with Gasteiger partial charge in [-0.3, -0.25) is 10.3 Å². The largest absolute Gasteiger partial charge is 0.379 e. The van der Waals surface area contributed by atoms with Gasteiger partial charge in [0.1, 0.15) is 0 Å². The van der Waals surface area contributed by atoms with Gasteiger partial charge in [0.25, 0.3) is 0 Å². The van der Waals surface area contributed by atoms with E-state index in [-0.39, 0.29) is 5.37 Å². The maximum atomic E-state index is 6.14. The number of nitrogens with one attached hydrogen (secondary N) is 1. The molecule has 1 unspecified atom stereocenters. The number of anilines is 1. The molecule has 1 aromatic carbocycles. The fraction of sp³-hybridized carbons (Fsp3) is 0.320. The number of fused-ring (bicyclic) bond motifs is 1. The molecule has 3 N–H and O–H groups in total. The minimum Gasteiger partial charge on any atom is -0.379 e. The summed E-state index contributed by atoms with van der Waals surface area (Å²) in [6.45, 7) is 15.5. The highest BCUT2D eigenvalue weighted by atomic mass is 32.2. The van der Waals surface area contributed by atoms with Gasteiger partial charge in [-0.2, -0.15) is 0 Å². The van der Waals surface area contributed by atoms with Crippen LogP contribution in [0.5, 0.6) is 0 Å². The van der Waals surface area contributed by atoms with Crippen LogP contribution in [0.3, 0.4) is 0 Å². The van der Waals surface area contributed by atoms with Crippen LogP contribution in [-0.2, 0) is 5.54 Å². The normalized spacial score (nSPS) is 18.7. The average molecular weight is 453 g/mol. The first-order valence-corrected chi connectivity index (χ1v) is 12.3. The molecule has 4 nitrogen and oxygen atoms in total. The van der Waals surface area contributed by atoms with Gasteiger partial charge in [-0.05, 0) is 60.6 Å². The monoisotopic (exact) mass is 452 g/mol. The molecule has 0 radical (unpaired) electrons. The molecule has 0 aromatic heterocycles. The van der Waals surface area contributed by atoms with E-state index in [9.17, 15) is 0 Å². The van der Waals surface area contributed by atoms with Gasteiger partial charge in [-0.25, -0.2) is 0 Å². The molecule has 2 aliphatic heterocycles. The number of hydrogen-bond acceptors (Lipinski definition) is 5. The summed E-state index contributed by atoms with van der Waals surface area (Å²) in [6, 6.07) is 6.37. The summed E-state index contributed by atoms with van der Waals surface area (Å²) in [5.41, 5.74) is 11.1. The molecule has 3 rings (SSSR count). The minimum absolute atomic E-state index is 0.265. The number of thioether (sulfide) groups is 2. The highest BCUT2D eigenvalue weighted by Gasteiger charge is 2.25. The molecule has 1 aromatic rings. The lowest BCUT2D eigenvalue weighted by Gasteiger charge is -2.30. The molecule has 164 valence electrons. The summed E-state index contributed by atoms with van der Waals surface area (Å²) in [5.74, 6) is 0.899. The van der Waals surface area contributed by atoms with Crippen LogP contribution in [0, 0.1) is 0 Å². The van der Waals surface area contributed by atoms with Crippen LogP contribution < -0.4 is 16.0 Å². The molecule has 0 amide bonds. The highest BCUT2D eigenvalue weighted by Crippen LogP contribution is 2.38. The first-order chi connectivity index (χ1) is 14.7. The number of likely N-dealkylation sites (N-methyl/N-ethyl adjacent to an activating group) is 1. The van der Waals surface area contributed by atoms with Crippen molar-refractivity contribution in [3.63, 3.8) is 0 Å². The number of nitrogens with two attached hydrogens (primary N) is 1. The van der Waals surface area contributed by atoms with Gasteiger partial charge < -0.3 is 10.6 Å². The van der Waals surface area contributed by atoms with Crippen molar-refractivity contribution in [2.75, 3.05) is 24.2 Å². The van der Waals surface area contributed by atoms with Crippen molar-refractivity contribution in [1.82, 2.24) is 5.32 Å². The molecule has 0 spiro atoms. The van der Waals surface area contributed by atoms with Gasteiger partial charge >= 0.3 is 0 Å². The Labute approximate surface area is 195 Å². The number of benzene rings is 1. The van der Waals surface area contributed by atoms with Gasteiger partial charge in [-0.1, -0.05) is 56.1 Å². The summed E-state index contributed by atoms with van der Waals surface area (Å²) in [4.78, 5) is 8.10. The Kier molecular flexibility index (Phi) is 7.57. The van der Waals surface area contributed by atoms with Crippen molar-refractivity contribution in [2.24, 2.45) is 10.7 Å². The van der Waals surface area contributed by atoms with Crippen LogP contribution in [0.15, 0.2) is 76.8 Å². The van der Waals surface area contributed by atoms with Crippen molar-refractivity contribution in [3.8, 4) is 0 Å². The molecule has 0 aliphatic carbocycles. The molecule has 2 bridgehead atoms. The lowest BCUT2D eigenvalue weighted by molar-refractivity contribution is 0.558. The summed E-state index contributed by atoms with van der Waals surface area (Å²) >= 11 is 3.36. The van der Waals surface area contributed by atoms with E-state index in [4.69, 9.17) is 10.7 Å². The molecular weight excluding hydrogens is 420 g/mol. The number of nitrogens with zero attached hydrogens (tertiary/aromatic N) is 2. The number of allylic oxidation sites excluding steroid dienone is 3. The Bertz CT molecular complexity index is 985. The Hall–Kier alpha value is -2.15. The number of rotatable bonds is 7. The minimum atomic E-state index is -0.471. The topological polar surface area (TPSA) is 53.6 Å². The standard InChI is InChI=1S/C25H32N4S2/c1-7-19-11-12-20(16-21(19)25(4,5)28-24(26)30-8-2)29(6)17(3)22-14-18-10-9-13-27-23(15-18)31-22/h7,9-12,14-16,23,27H,1,3,8,13H2,2,4-6H3,(H2,26,28). The van der Waals surface area contributed by atoms with E-state index >= 15 is 0 Å². The predicted molar refractivity (Wildman–Crippen MR) is 142 cm³/mol. The molecule has 0 saturated carbocycles. The lowest BCUT2D eigenvalue weighted by atomic mass is 9.90. The van der Waals surface area contributed by atoms with Gasteiger partial charge in [-0.15, -0.1) is 11.8 Å². The van der Waals surface area contributed by atoms with E-state index < -0.39 is 5.54 Å². The van der Waals surface area contributed by atoms with Crippen molar-refractivity contribution in [3.05, 3.63) is 83.0 Å². The van der Waals surface area contributed by atoms with Gasteiger partial charge in [0, 0.05) is 29.9 Å². The van der Waals surface area contributed by atoms with Crippen LogP contribution in [-0.4, -0.2) is 29.9 Å². The number of aliphatic imine (C=N–C) groups is 1. The molecule has 0 saturated heterocycles. The first-order valence-electron chi connectivity index (χ1n) is 10.4. The van der Waals surface area contributed by atoms with Crippen LogP contribution in [0.2, 0.25) is 0 Å². The van der Waals surface area contributed by atoms with E-state index in [0.29, 0.717) is 5.17 Å². The van der Waals surface area contributed by atoms with Crippen molar-refractivity contribution in [1.29, 1.82) is 0 Å². The lowest BCUT2D eigenvalue weighted by Crippen LogP contribution is -2.26. The van der Waals surface area contributed by atoms with Gasteiger partial charge in [0.15, 0.2) is 5.17 Å². The van der Waals surface area contributed by atoms with Crippen LogP contribution in [0.1, 0.15) is 31.9 Å². The van der Waals surface area contributed by atoms with Crippen molar-refractivity contribution in [2.45, 2.75) is 31.7 Å². The fourth-order valence-corrected chi connectivity index (χ4v) is 5.36. The second-order valence-electron chi connectivity index (χ2n) is 7.95. The summed E-state index contributed by atoms with van der Waals surface area (Å²) in [6.07, 6.45) is 10.7. The van der Waals surface area contributed by atoms with Gasteiger partial charge in [0.2, 0.25) is 0 Å². The molecule has 2 aliphatic rings. The maximum absolute atomic E-state index is 6.14. The zero-order valence-corrected chi connectivity index (χ0v) is 20.4. The quantitative estimate of drug-likeness (QED) is 0.415. The fourth-order valence-electron chi connectivity index (χ4n) is 3.61. The third-order valence-corrected chi connectivity index (χ3v) is 7.16. The Morgan fingerprint density at radius 1 is 1.45 bits per heavy atom. The molecule has 1 atom stereocenters. The summed E-state index contributed by atoms with van der Waals surface area (Å²) in [7, 11) is 2.06. The molecule has 6 heteroatoms. The van der Waals surface area contributed by atoms with E-state index in [1.165, 1.54) is 10.5 Å². The van der Waals surface area contributed by atoms with Crippen LogP contribution >= 0.6 is 23.5 Å². The average Bonchev–Trinajstić information content (AvgIpc) is 2.91. The Morgan fingerprint density at radius 2 is 2.23 bits per heavy atom. The SMILES string of the molecule is C=Cc1ccc(N(C)C(=C)C2=CC3=CC(NCC=C3)S2)cc1C(C)(C)N=C(N)SCC. The third kappa shape index (κ3) is 5.56. The van der Waals surface area contributed by atoms with Crippen LogP contribution in [0.4, 0.5) is 5.69 Å². The second kappa shape index (κ2) is 9.98. The van der Waals surface area contributed by atoms with Crippen molar-refractivity contribution < 1.29 is 0 Å². The van der Waals surface area contributed by atoms with E-state index in [1.807, 2.05) is 6.08 Å². The summed E-state index contributed by atoms with van der Waals surface area (Å²) < 4.78 is 0. The Balaban J connectivity index is 1.92. The second-order valence-corrected chi connectivity index (χ2v) is 10.4. The number of amidine groups is 1. The van der Waals surface area contributed by atoms with E-state index in [0.717, 1.165) is 34.8 Å². The molecule has 31 heavy (non-hydrogen) atoms. The van der Waals surface area contributed by atoms with E-state index in [2.05, 4.69) is 93.7 Å². The predicted octanol–water partition coefficient (Wildman–Crippen LogP) is 5.63. The molecular formula is C25H32N4S2. The highest BCUT2D eigenvalue weighted by molar-refractivity contribution is 8.13. The van der Waals surface area contributed by atoms with Gasteiger partial charge in [0.05, 0.1) is 10.9 Å². The molecule has 0 fully saturated rings. The first kappa shape index (κ1) is 23.5. The zero-order chi connectivity index (χ0) is 22.6. The van der Waals surface area contributed by atoms with Crippen molar-refractivity contribution >= 4 is 40.5 Å². The summed E-state index contributed by atoms with van der Waals surface area (Å²) in [5, 5.41) is 4.38. The zero-order valence-electron chi connectivity index (χ0n) is 18.8. The van der Waals surface area contributed by atoms with E-state index in [1.54, 1.807) is 23.5 Å². The maximum Gasteiger partial charge on any atom is 0.154 e. The Morgan fingerprint density at radius 3 is 2.94 bits per heavy atom. The molecule has 2 heterocycles. The smallest absolute Gasteiger partial charge is 0.154 e. The third-order valence-electron chi connectivity index (χ3n) is 5.32.